The molecule has 0 aromatic heterocycles. The van der Waals surface area contributed by atoms with Gasteiger partial charge in [0.15, 0.2) is 11.5 Å². The molecule has 0 aliphatic heterocycles. The molecule has 0 fully saturated rings. The normalized spacial score (nSPS) is 13.6. The summed E-state index contributed by atoms with van der Waals surface area (Å²) in [5.74, 6) is -0.788. The van der Waals surface area contributed by atoms with Gasteiger partial charge in [0.2, 0.25) is 0 Å². The van der Waals surface area contributed by atoms with Crippen LogP contribution in [0.4, 0.5) is 18.9 Å². The summed E-state index contributed by atoms with van der Waals surface area (Å²) in [6, 6.07) is 2.89. The predicted molar refractivity (Wildman–Crippen MR) is 71.1 cm³/mol. The number of hydrogen-bond donors (Lipinski definition) is 1. The number of ketones is 1. The number of carbonyl (C=O) groups is 1. The van der Waals surface area contributed by atoms with Crippen molar-refractivity contribution < 1.29 is 23.1 Å². The second-order valence-corrected chi connectivity index (χ2v) is 4.72. The number of Topliss-reactive ketones (excluding diaryl/α,β-unsaturated/α-hetero) is 1. The third-order valence-electron chi connectivity index (χ3n) is 2.89. The van der Waals surface area contributed by atoms with Crippen molar-refractivity contribution in [2.45, 2.75) is 25.1 Å². The first kappa shape index (κ1) is 17.5. The molecule has 0 heterocycles. The van der Waals surface area contributed by atoms with E-state index in [1.54, 1.807) is 0 Å². The Balaban J connectivity index is 3.08. The van der Waals surface area contributed by atoms with Gasteiger partial charge in [-0.2, -0.15) is 13.2 Å². The quantitative estimate of drug-likeness (QED) is 0.390. The lowest BCUT2D eigenvalue weighted by molar-refractivity contribution is -0.137. The van der Waals surface area contributed by atoms with Crippen molar-refractivity contribution in [3.63, 3.8) is 0 Å². The van der Waals surface area contributed by atoms with Crippen LogP contribution in [0.2, 0.25) is 0 Å². The molecule has 9 heteroatoms. The summed E-state index contributed by atoms with van der Waals surface area (Å²) < 4.78 is 38.5. The lowest BCUT2D eigenvalue weighted by Gasteiger charge is -2.19. The maximum Gasteiger partial charge on any atom is 0.407 e. The molecule has 1 aromatic carbocycles. The number of azide groups is 1. The highest BCUT2D eigenvalue weighted by molar-refractivity contribution is 5.89. The van der Waals surface area contributed by atoms with Crippen LogP contribution in [0.5, 0.6) is 0 Å². The Morgan fingerprint density at radius 2 is 2.09 bits per heavy atom. The van der Waals surface area contributed by atoms with Crippen molar-refractivity contribution in [2.24, 2.45) is 5.11 Å². The van der Waals surface area contributed by atoms with Crippen LogP contribution < -0.4 is 0 Å². The molecule has 0 amide bonds. The Morgan fingerprint density at radius 1 is 1.45 bits per heavy atom. The van der Waals surface area contributed by atoms with E-state index in [0.29, 0.717) is 6.07 Å². The van der Waals surface area contributed by atoms with Crippen molar-refractivity contribution in [3.8, 4) is 0 Å². The zero-order chi connectivity index (χ0) is 17.0. The summed E-state index contributed by atoms with van der Waals surface area (Å²) in [5, 5.41) is 12.9. The fraction of sp³-hybridized carbons (Fsp3) is 0.385. The van der Waals surface area contributed by atoms with E-state index in [-0.39, 0.29) is 5.56 Å². The summed E-state index contributed by atoms with van der Waals surface area (Å²) >= 11 is 0. The number of halogens is 3. The van der Waals surface area contributed by atoms with E-state index in [2.05, 4.69) is 14.9 Å². The van der Waals surface area contributed by atoms with E-state index in [9.17, 15) is 23.1 Å². The van der Waals surface area contributed by atoms with Crippen LogP contribution in [-0.4, -0.2) is 23.0 Å². The van der Waals surface area contributed by atoms with Crippen LogP contribution in [0.15, 0.2) is 23.3 Å². The van der Waals surface area contributed by atoms with Crippen LogP contribution >= 0.6 is 0 Å². The molecule has 1 aromatic rings. The smallest absolute Gasteiger partial charge is 0.382 e. The van der Waals surface area contributed by atoms with Gasteiger partial charge in [0, 0.05) is 11.3 Å². The van der Waals surface area contributed by atoms with E-state index in [0.717, 1.165) is 13.0 Å². The van der Waals surface area contributed by atoms with Crippen molar-refractivity contribution in [2.75, 3.05) is 6.54 Å². The van der Waals surface area contributed by atoms with E-state index >= 15 is 0 Å². The van der Waals surface area contributed by atoms with Gasteiger partial charge in [0.25, 0.3) is 0 Å². The first-order valence-corrected chi connectivity index (χ1v) is 5.96. The molecule has 6 nitrogen and oxygen atoms in total. The third kappa shape index (κ3) is 4.22. The molecule has 0 unspecified atom stereocenters. The summed E-state index contributed by atoms with van der Waals surface area (Å²) in [5.41, 5.74) is 4.50. The minimum absolute atomic E-state index is 0.00550. The Kier molecular flexibility index (Phi) is 5.14. The highest BCUT2D eigenvalue weighted by Gasteiger charge is 2.34. The number of carbonyl (C=O) groups excluding carboxylic acids is 1. The maximum absolute atomic E-state index is 12.8. The highest BCUT2D eigenvalue weighted by atomic mass is 19.4. The Bertz CT molecular complexity index is 671. The maximum atomic E-state index is 12.8. The van der Waals surface area contributed by atoms with Crippen LogP contribution in [0.25, 0.3) is 15.3 Å². The molecule has 0 aliphatic rings. The van der Waals surface area contributed by atoms with Gasteiger partial charge in [0.1, 0.15) is 5.60 Å². The van der Waals surface area contributed by atoms with Crippen molar-refractivity contribution in [1.29, 1.82) is 0 Å². The lowest BCUT2D eigenvalue weighted by Crippen LogP contribution is -2.39. The lowest BCUT2D eigenvalue weighted by atomic mass is 9.94. The second-order valence-electron chi connectivity index (χ2n) is 4.72. The van der Waals surface area contributed by atoms with Gasteiger partial charge >= 0.3 is 6.18 Å². The molecule has 0 bridgehead atoms. The zero-order valence-corrected chi connectivity index (χ0v) is 11.4. The summed E-state index contributed by atoms with van der Waals surface area (Å²) in [7, 11) is 0. The number of rotatable bonds is 5. The average Bonchev–Trinajstić information content (AvgIpc) is 2.44. The SMILES string of the molecule is [C-]#[N+]c1ccc(CC(=O)[C@@](C)(O)CN=[N+]=[N-])cc1C(F)(F)F. The van der Waals surface area contributed by atoms with Gasteiger partial charge < -0.3 is 5.11 Å². The molecule has 116 valence electrons. The third-order valence-corrected chi connectivity index (χ3v) is 2.89. The second kappa shape index (κ2) is 6.47. The Labute approximate surface area is 123 Å². The minimum Gasteiger partial charge on any atom is -0.382 e. The van der Waals surface area contributed by atoms with Gasteiger partial charge in [-0.15, -0.1) is 0 Å². The fourth-order valence-corrected chi connectivity index (χ4v) is 1.65. The molecule has 0 saturated heterocycles. The summed E-state index contributed by atoms with van der Waals surface area (Å²) in [4.78, 5) is 17.1. The molecule has 1 N–H and O–H groups in total. The number of aliphatic hydroxyl groups is 1. The average molecular weight is 312 g/mol. The summed E-state index contributed by atoms with van der Waals surface area (Å²) in [6.07, 6.45) is -5.19. The van der Waals surface area contributed by atoms with Crippen LogP contribution in [0.3, 0.4) is 0 Å². The van der Waals surface area contributed by atoms with Crippen molar-refractivity contribution >= 4 is 11.5 Å². The van der Waals surface area contributed by atoms with E-state index < -0.39 is 41.8 Å². The number of benzene rings is 1. The highest BCUT2D eigenvalue weighted by Crippen LogP contribution is 2.37. The Morgan fingerprint density at radius 3 is 2.59 bits per heavy atom. The molecule has 0 saturated carbocycles. The number of hydrogen-bond acceptors (Lipinski definition) is 3. The van der Waals surface area contributed by atoms with Crippen molar-refractivity contribution in [1.82, 2.24) is 0 Å². The first-order chi connectivity index (χ1) is 10.1. The van der Waals surface area contributed by atoms with Crippen LogP contribution in [0.1, 0.15) is 18.1 Å². The van der Waals surface area contributed by atoms with Gasteiger partial charge in [-0.3, -0.25) is 4.79 Å². The standard InChI is InChI=1S/C13H11F3N4O2/c1-12(22,7-19-20-17)11(21)6-8-3-4-10(18-2)9(5-8)13(14,15)16/h3-5,22H,6-7H2,1H3/t12-/m0/s1. The Hall–Kier alpha value is -2.56. The molecule has 0 aliphatic carbocycles. The van der Waals surface area contributed by atoms with Crippen LogP contribution in [-0.2, 0) is 17.4 Å². The van der Waals surface area contributed by atoms with E-state index in [1.807, 2.05) is 0 Å². The molecule has 22 heavy (non-hydrogen) atoms. The number of nitrogens with zero attached hydrogens (tertiary/aromatic N) is 4. The van der Waals surface area contributed by atoms with Gasteiger partial charge in [-0.05, 0) is 18.0 Å². The largest absolute Gasteiger partial charge is 0.407 e. The van der Waals surface area contributed by atoms with Crippen LogP contribution in [0, 0.1) is 6.57 Å². The van der Waals surface area contributed by atoms with E-state index in [1.165, 1.54) is 6.07 Å². The van der Waals surface area contributed by atoms with Gasteiger partial charge in [-0.25, -0.2) is 4.85 Å². The molecular formula is C13H11F3N4O2. The summed E-state index contributed by atoms with van der Waals surface area (Å²) in [6.45, 7) is 7.32. The topological polar surface area (TPSA) is 90.4 Å². The van der Waals surface area contributed by atoms with E-state index in [4.69, 9.17) is 12.1 Å². The molecule has 0 spiro atoms. The fourth-order valence-electron chi connectivity index (χ4n) is 1.65. The molecule has 0 radical (unpaired) electrons. The monoisotopic (exact) mass is 312 g/mol. The zero-order valence-electron chi connectivity index (χ0n) is 11.4. The van der Waals surface area contributed by atoms with Gasteiger partial charge in [-0.1, -0.05) is 23.3 Å². The molecular weight excluding hydrogens is 301 g/mol. The molecule has 1 atom stereocenters. The molecule has 1 rings (SSSR count). The van der Waals surface area contributed by atoms with Crippen molar-refractivity contribution in [3.05, 3.63) is 51.2 Å². The predicted octanol–water partition coefficient (Wildman–Crippen LogP) is 3.43. The minimum atomic E-state index is -4.72. The first-order valence-electron chi connectivity index (χ1n) is 5.96. The number of alkyl halides is 3. The van der Waals surface area contributed by atoms with Gasteiger partial charge in [0.05, 0.1) is 18.7 Å².